The Morgan fingerprint density at radius 2 is 1.43 bits per heavy atom. The van der Waals surface area contributed by atoms with Crippen LogP contribution in [0.25, 0.3) is 0 Å². The van der Waals surface area contributed by atoms with E-state index in [2.05, 4.69) is 5.09 Å². The van der Waals surface area contributed by atoms with Crippen LogP contribution in [-0.2, 0) is 13.6 Å². The average molecular weight is 444 g/mol. The molecule has 0 saturated heterocycles. The van der Waals surface area contributed by atoms with E-state index in [0.717, 1.165) is 12.8 Å². The SMILES string of the molecule is CCCC(CC)NP(=O)(OCC(Cl)(Cl)Cl)OCC(Cl)(Cl)Cl. The van der Waals surface area contributed by atoms with Gasteiger partial charge < -0.3 is 0 Å². The first-order chi connectivity index (χ1) is 9.41. The fourth-order valence-corrected chi connectivity index (χ4v) is 3.85. The van der Waals surface area contributed by atoms with E-state index in [1.165, 1.54) is 0 Å². The maximum absolute atomic E-state index is 12.6. The molecule has 0 heterocycles. The monoisotopic (exact) mass is 441 g/mol. The summed E-state index contributed by atoms with van der Waals surface area (Å²) in [6.07, 6.45) is 2.38. The van der Waals surface area contributed by atoms with Crippen LogP contribution in [0, 0.1) is 0 Å². The zero-order valence-electron chi connectivity index (χ0n) is 11.6. The highest BCUT2D eigenvalue weighted by atomic mass is 35.6. The minimum absolute atomic E-state index is 0.0911. The summed E-state index contributed by atoms with van der Waals surface area (Å²) in [6, 6.07) is -0.0911. The quantitative estimate of drug-likeness (QED) is 0.349. The molecule has 0 radical (unpaired) electrons. The van der Waals surface area contributed by atoms with Gasteiger partial charge in [0.25, 0.3) is 0 Å². The van der Waals surface area contributed by atoms with Gasteiger partial charge in [-0.2, -0.15) is 0 Å². The fourth-order valence-electron chi connectivity index (χ4n) is 1.36. The molecule has 0 rings (SSSR count). The van der Waals surface area contributed by atoms with Crippen molar-refractivity contribution in [2.24, 2.45) is 0 Å². The summed E-state index contributed by atoms with van der Waals surface area (Å²) in [5.74, 6) is 0. The van der Waals surface area contributed by atoms with Crippen LogP contribution >= 0.6 is 77.4 Å². The van der Waals surface area contributed by atoms with Crippen molar-refractivity contribution in [3.8, 4) is 0 Å². The Bertz CT molecular complexity index is 325. The van der Waals surface area contributed by atoms with Crippen molar-refractivity contribution in [3.05, 3.63) is 0 Å². The second-order valence-corrected chi connectivity index (χ2v) is 11.1. The van der Waals surface area contributed by atoms with Crippen LogP contribution in [0.1, 0.15) is 33.1 Å². The normalized spacial score (nSPS) is 15.2. The number of hydrogen-bond acceptors (Lipinski definition) is 3. The van der Waals surface area contributed by atoms with E-state index in [4.69, 9.17) is 78.7 Å². The molecule has 1 unspecified atom stereocenters. The second-order valence-electron chi connectivity index (χ2n) is 4.30. The molecule has 0 amide bonds. The van der Waals surface area contributed by atoms with Crippen molar-refractivity contribution in [1.29, 1.82) is 0 Å². The van der Waals surface area contributed by atoms with Gasteiger partial charge in [-0.1, -0.05) is 89.9 Å². The topological polar surface area (TPSA) is 47.6 Å². The standard InChI is InChI=1S/C10H18Cl6NO3P/c1-3-5-8(4-2)17-21(18,19-6-9(11,12)13)20-7-10(14,15)16/h8H,3-7H2,1-2H3,(H,17,18). The smallest absolute Gasteiger partial charge is 0.292 e. The van der Waals surface area contributed by atoms with Crippen molar-refractivity contribution in [2.45, 2.75) is 46.7 Å². The van der Waals surface area contributed by atoms with Crippen molar-refractivity contribution >= 4 is 77.4 Å². The van der Waals surface area contributed by atoms with Crippen molar-refractivity contribution in [1.82, 2.24) is 5.09 Å². The van der Waals surface area contributed by atoms with Crippen LogP contribution in [0.5, 0.6) is 0 Å². The largest absolute Gasteiger partial charge is 0.406 e. The highest BCUT2D eigenvalue weighted by Crippen LogP contribution is 2.48. The van der Waals surface area contributed by atoms with Crippen LogP contribution in [0.3, 0.4) is 0 Å². The molecule has 0 bridgehead atoms. The summed E-state index contributed by atoms with van der Waals surface area (Å²) in [5, 5.41) is 2.79. The average Bonchev–Trinajstić information content (AvgIpc) is 2.32. The molecule has 11 heteroatoms. The molecule has 0 aliphatic carbocycles. The van der Waals surface area contributed by atoms with Gasteiger partial charge in [-0.3, -0.25) is 9.05 Å². The predicted octanol–water partition coefficient (Wildman–Crippen LogP) is 6.04. The molecular formula is C10H18Cl6NO3P. The summed E-state index contributed by atoms with van der Waals surface area (Å²) in [7, 11) is -3.77. The molecule has 0 aromatic heterocycles. The molecule has 0 spiro atoms. The molecule has 0 aromatic carbocycles. The van der Waals surface area contributed by atoms with Crippen LogP contribution in [-0.4, -0.2) is 26.8 Å². The predicted molar refractivity (Wildman–Crippen MR) is 92.2 cm³/mol. The molecule has 21 heavy (non-hydrogen) atoms. The molecular weight excluding hydrogens is 426 g/mol. The Morgan fingerprint density at radius 3 is 1.71 bits per heavy atom. The molecule has 4 nitrogen and oxygen atoms in total. The molecule has 128 valence electrons. The van der Waals surface area contributed by atoms with Gasteiger partial charge in [-0.05, 0) is 12.8 Å². The molecule has 0 aromatic rings. The Labute approximate surface area is 155 Å². The maximum atomic E-state index is 12.6. The first-order valence-corrected chi connectivity index (χ1v) is 10.0. The Morgan fingerprint density at radius 1 is 1.00 bits per heavy atom. The fraction of sp³-hybridized carbons (Fsp3) is 1.00. The molecule has 0 aliphatic heterocycles. The number of nitrogens with one attached hydrogen (secondary N) is 1. The van der Waals surface area contributed by atoms with Gasteiger partial charge >= 0.3 is 7.75 Å². The number of halogens is 6. The highest BCUT2D eigenvalue weighted by molar-refractivity contribution is 7.51. The Hall–Kier alpha value is 1.85. The minimum Gasteiger partial charge on any atom is -0.292 e. The lowest BCUT2D eigenvalue weighted by atomic mass is 10.1. The lowest BCUT2D eigenvalue weighted by Crippen LogP contribution is -2.30. The summed E-state index contributed by atoms with van der Waals surface area (Å²) in [5.41, 5.74) is 0. The summed E-state index contributed by atoms with van der Waals surface area (Å²) < 4.78 is 19.4. The van der Waals surface area contributed by atoms with E-state index in [9.17, 15) is 4.57 Å². The number of hydrogen-bond donors (Lipinski definition) is 1. The van der Waals surface area contributed by atoms with Gasteiger partial charge in [0, 0.05) is 6.04 Å². The van der Waals surface area contributed by atoms with Crippen LogP contribution in [0.4, 0.5) is 0 Å². The van der Waals surface area contributed by atoms with Crippen molar-refractivity contribution < 1.29 is 13.6 Å². The first-order valence-electron chi connectivity index (χ1n) is 6.21. The number of alkyl halides is 6. The van der Waals surface area contributed by atoms with Crippen molar-refractivity contribution in [3.63, 3.8) is 0 Å². The third-order valence-corrected chi connectivity index (χ3v) is 4.54. The van der Waals surface area contributed by atoms with Gasteiger partial charge in [-0.25, -0.2) is 9.65 Å². The summed E-state index contributed by atoms with van der Waals surface area (Å²) in [4.78, 5) is 0. The molecule has 0 saturated carbocycles. The summed E-state index contributed by atoms with van der Waals surface area (Å²) in [6.45, 7) is 3.08. The zero-order valence-corrected chi connectivity index (χ0v) is 17.0. The second kappa shape index (κ2) is 9.98. The summed E-state index contributed by atoms with van der Waals surface area (Å²) >= 11 is 33.5. The van der Waals surface area contributed by atoms with Gasteiger partial charge in [0.1, 0.15) is 13.2 Å². The van der Waals surface area contributed by atoms with Crippen LogP contribution in [0.2, 0.25) is 0 Å². The van der Waals surface area contributed by atoms with E-state index in [0.29, 0.717) is 6.42 Å². The number of rotatable bonds is 9. The third kappa shape index (κ3) is 12.9. The lowest BCUT2D eigenvalue weighted by molar-refractivity contribution is 0.196. The van der Waals surface area contributed by atoms with Gasteiger partial charge in [-0.15, -0.1) is 0 Å². The van der Waals surface area contributed by atoms with Gasteiger partial charge in [0.05, 0.1) is 0 Å². The highest BCUT2D eigenvalue weighted by Gasteiger charge is 2.35. The van der Waals surface area contributed by atoms with Crippen LogP contribution < -0.4 is 5.09 Å². The van der Waals surface area contributed by atoms with E-state index < -0.39 is 28.5 Å². The lowest BCUT2D eigenvalue weighted by Gasteiger charge is -2.26. The first kappa shape index (κ1) is 22.9. The van der Waals surface area contributed by atoms with Crippen molar-refractivity contribution in [2.75, 3.05) is 13.2 Å². The van der Waals surface area contributed by atoms with Gasteiger partial charge in [0.15, 0.2) is 0 Å². The van der Waals surface area contributed by atoms with Gasteiger partial charge in [0.2, 0.25) is 7.59 Å². The molecule has 0 fully saturated rings. The molecule has 1 atom stereocenters. The molecule has 0 aliphatic rings. The minimum atomic E-state index is -3.77. The third-order valence-electron chi connectivity index (χ3n) is 2.27. The maximum Gasteiger partial charge on any atom is 0.406 e. The zero-order chi connectivity index (χ0) is 16.7. The van der Waals surface area contributed by atoms with E-state index in [1.54, 1.807) is 0 Å². The van der Waals surface area contributed by atoms with Crippen LogP contribution in [0.15, 0.2) is 0 Å². The van der Waals surface area contributed by atoms with E-state index in [-0.39, 0.29) is 6.04 Å². The van der Waals surface area contributed by atoms with E-state index >= 15 is 0 Å². The Kier molecular flexibility index (Phi) is 10.9. The molecule has 1 N–H and O–H groups in total. The van der Waals surface area contributed by atoms with E-state index in [1.807, 2.05) is 13.8 Å². The Balaban J connectivity index is 4.84.